The molecule has 134 valence electrons. The molecule has 1 fully saturated rings. The van der Waals surface area contributed by atoms with Gasteiger partial charge in [0.15, 0.2) is 0 Å². The molecule has 1 amide bonds. The Morgan fingerprint density at radius 3 is 2.73 bits per heavy atom. The fourth-order valence-electron chi connectivity index (χ4n) is 3.10. The molecular weight excluding hydrogens is 333 g/mol. The van der Waals surface area contributed by atoms with Gasteiger partial charge in [0, 0.05) is 31.3 Å². The van der Waals surface area contributed by atoms with Crippen LogP contribution in [0.15, 0.2) is 30.6 Å². The van der Waals surface area contributed by atoms with Gasteiger partial charge in [-0.3, -0.25) is 9.78 Å². The number of carbonyl (C=O) groups excluding carboxylic acids is 1. The summed E-state index contributed by atoms with van der Waals surface area (Å²) in [7, 11) is 0. The van der Waals surface area contributed by atoms with Crippen LogP contribution in [0.3, 0.4) is 0 Å². The third-order valence-corrected chi connectivity index (χ3v) is 4.60. The number of aryl methyl sites for hydroxylation is 1. The second-order valence-electron chi connectivity index (χ2n) is 6.27. The first-order valence-electron chi connectivity index (χ1n) is 8.67. The van der Waals surface area contributed by atoms with Crippen LogP contribution in [0.25, 0.3) is 0 Å². The van der Waals surface area contributed by atoms with E-state index in [0.717, 1.165) is 12.0 Å². The van der Waals surface area contributed by atoms with Crippen LogP contribution in [-0.2, 0) is 11.2 Å². The van der Waals surface area contributed by atoms with Gasteiger partial charge in [0.25, 0.3) is 0 Å². The number of amides is 1. The highest BCUT2D eigenvalue weighted by Gasteiger charge is 2.26. The Kier molecular flexibility index (Phi) is 5.42. The zero-order valence-electron chi connectivity index (χ0n) is 14.6. The van der Waals surface area contributed by atoms with Crippen LogP contribution in [-0.4, -0.2) is 29.0 Å². The van der Waals surface area contributed by atoms with Gasteiger partial charge in [0.1, 0.15) is 17.7 Å². The maximum Gasteiger partial charge on any atom is 0.227 e. The molecule has 7 heteroatoms. The molecule has 6 nitrogen and oxygen atoms in total. The standard InChI is InChI=1S/C19H20FN5O/c1-2-16-17(9-15(20)12-22-16)24-19(26)14-5-7-25(8-6-14)18-4-3-13(10-21)11-23-18/h3-4,9,11-12,14H,2,5-8H2,1H3,(H,24,26). The summed E-state index contributed by atoms with van der Waals surface area (Å²) in [4.78, 5) is 23.0. The Bertz CT molecular complexity index is 823. The number of hydrogen-bond donors (Lipinski definition) is 1. The van der Waals surface area contributed by atoms with Crippen LogP contribution in [0.2, 0.25) is 0 Å². The van der Waals surface area contributed by atoms with Crippen LogP contribution in [0, 0.1) is 23.1 Å². The van der Waals surface area contributed by atoms with E-state index < -0.39 is 5.82 Å². The van der Waals surface area contributed by atoms with E-state index in [0.29, 0.717) is 49.3 Å². The molecule has 0 aromatic carbocycles. The number of carbonyl (C=O) groups is 1. The molecule has 0 aliphatic carbocycles. The van der Waals surface area contributed by atoms with E-state index in [9.17, 15) is 9.18 Å². The summed E-state index contributed by atoms with van der Waals surface area (Å²) >= 11 is 0. The summed E-state index contributed by atoms with van der Waals surface area (Å²) in [5.74, 6) is 0.127. The quantitative estimate of drug-likeness (QED) is 0.914. The second-order valence-corrected chi connectivity index (χ2v) is 6.27. The molecule has 0 bridgehead atoms. The fourth-order valence-corrected chi connectivity index (χ4v) is 3.10. The Morgan fingerprint density at radius 2 is 2.12 bits per heavy atom. The molecule has 1 aliphatic rings. The van der Waals surface area contributed by atoms with E-state index in [-0.39, 0.29) is 11.8 Å². The number of nitrogens with one attached hydrogen (secondary N) is 1. The highest BCUT2D eigenvalue weighted by molar-refractivity contribution is 5.93. The van der Waals surface area contributed by atoms with Crippen LogP contribution >= 0.6 is 0 Å². The zero-order valence-corrected chi connectivity index (χ0v) is 14.6. The fraction of sp³-hybridized carbons (Fsp3) is 0.368. The molecule has 3 rings (SSSR count). The first-order chi connectivity index (χ1) is 12.6. The largest absolute Gasteiger partial charge is 0.357 e. The highest BCUT2D eigenvalue weighted by Crippen LogP contribution is 2.24. The van der Waals surface area contributed by atoms with Crippen molar-refractivity contribution in [3.63, 3.8) is 0 Å². The monoisotopic (exact) mass is 353 g/mol. The summed E-state index contributed by atoms with van der Waals surface area (Å²) < 4.78 is 13.4. The van der Waals surface area contributed by atoms with Gasteiger partial charge in [-0.05, 0) is 31.4 Å². The van der Waals surface area contributed by atoms with Crippen molar-refractivity contribution in [2.45, 2.75) is 26.2 Å². The molecule has 0 radical (unpaired) electrons. The lowest BCUT2D eigenvalue weighted by Crippen LogP contribution is -2.38. The number of nitrogens with zero attached hydrogens (tertiary/aromatic N) is 4. The Hall–Kier alpha value is -3.01. The first kappa shape index (κ1) is 17.8. The van der Waals surface area contributed by atoms with Crippen molar-refractivity contribution in [2.24, 2.45) is 5.92 Å². The molecular formula is C19H20FN5O. The minimum atomic E-state index is -0.459. The van der Waals surface area contributed by atoms with Gasteiger partial charge < -0.3 is 10.2 Å². The van der Waals surface area contributed by atoms with Gasteiger partial charge >= 0.3 is 0 Å². The Balaban J connectivity index is 1.60. The van der Waals surface area contributed by atoms with Crippen LogP contribution in [0.5, 0.6) is 0 Å². The Morgan fingerprint density at radius 1 is 1.35 bits per heavy atom. The minimum absolute atomic E-state index is 0.0977. The number of rotatable bonds is 4. The summed E-state index contributed by atoms with van der Waals surface area (Å²) in [5.41, 5.74) is 1.66. The lowest BCUT2D eigenvalue weighted by molar-refractivity contribution is -0.120. The summed E-state index contributed by atoms with van der Waals surface area (Å²) in [5, 5.41) is 11.7. The molecule has 0 saturated carbocycles. The van der Waals surface area contributed by atoms with E-state index in [1.54, 1.807) is 12.3 Å². The maximum atomic E-state index is 13.4. The molecule has 1 saturated heterocycles. The van der Waals surface area contributed by atoms with Gasteiger partial charge in [-0.1, -0.05) is 6.92 Å². The molecule has 2 aromatic rings. The predicted octanol–water partition coefficient (Wildman–Crippen LogP) is 2.90. The molecule has 0 unspecified atom stereocenters. The lowest BCUT2D eigenvalue weighted by atomic mass is 9.95. The molecule has 1 aliphatic heterocycles. The molecule has 0 spiro atoms. The van der Waals surface area contributed by atoms with E-state index in [1.165, 1.54) is 6.07 Å². The van der Waals surface area contributed by atoms with E-state index >= 15 is 0 Å². The number of piperidine rings is 1. The summed E-state index contributed by atoms with van der Waals surface area (Å²) in [6.45, 7) is 3.33. The average molecular weight is 353 g/mol. The van der Waals surface area contributed by atoms with Gasteiger partial charge in [-0.15, -0.1) is 0 Å². The van der Waals surface area contributed by atoms with E-state index in [2.05, 4.69) is 20.2 Å². The normalized spacial score (nSPS) is 14.7. The van der Waals surface area contributed by atoms with Crippen molar-refractivity contribution < 1.29 is 9.18 Å². The number of hydrogen-bond acceptors (Lipinski definition) is 5. The topological polar surface area (TPSA) is 81.9 Å². The first-order valence-corrected chi connectivity index (χ1v) is 8.67. The average Bonchev–Trinajstić information content (AvgIpc) is 2.68. The molecule has 1 N–H and O–H groups in total. The number of anilines is 2. The van der Waals surface area contributed by atoms with Crippen LogP contribution in [0.4, 0.5) is 15.9 Å². The number of nitriles is 1. The third-order valence-electron chi connectivity index (χ3n) is 4.60. The maximum absolute atomic E-state index is 13.4. The van der Waals surface area contributed by atoms with Crippen molar-refractivity contribution in [2.75, 3.05) is 23.3 Å². The zero-order chi connectivity index (χ0) is 18.5. The highest BCUT2D eigenvalue weighted by atomic mass is 19.1. The van der Waals surface area contributed by atoms with Crippen LogP contribution < -0.4 is 10.2 Å². The van der Waals surface area contributed by atoms with Gasteiger partial charge in [-0.2, -0.15) is 5.26 Å². The number of halogens is 1. The second kappa shape index (κ2) is 7.91. The SMILES string of the molecule is CCc1ncc(F)cc1NC(=O)C1CCN(c2ccc(C#N)cn2)CC1. The predicted molar refractivity (Wildman–Crippen MR) is 96.1 cm³/mol. The summed E-state index contributed by atoms with van der Waals surface area (Å²) in [6, 6.07) is 6.93. The number of pyridine rings is 2. The molecule has 2 aromatic heterocycles. The van der Waals surface area contributed by atoms with Crippen molar-refractivity contribution in [1.82, 2.24) is 9.97 Å². The number of aromatic nitrogens is 2. The van der Waals surface area contributed by atoms with E-state index in [1.807, 2.05) is 19.1 Å². The molecule has 0 atom stereocenters. The Labute approximate surface area is 151 Å². The summed E-state index contributed by atoms with van der Waals surface area (Å²) in [6.07, 6.45) is 4.73. The van der Waals surface area contributed by atoms with Gasteiger partial charge in [-0.25, -0.2) is 9.37 Å². The van der Waals surface area contributed by atoms with Crippen molar-refractivity contribution >= 4 is 17.4 Å². The molecule has 3 heterocycles. The third kappa shape index (κ3) is 3.97. The molecule has 26 heavy (non-hydrogen) atoms. The van der Waals surface area contributed by atoms with Crippen molar-refractivity contribution in [3.8, 4) is 6.07 Å². The van der Waals surface area contributed by atoms with Gasteiger partial charge in [0.2, 0.25) is 5.91 Å². The van der Waals surface area contributed by atoms with E-state index in [4.69, 9.17) is 5.26 Å². The van der Waals surface area contributed by atoms with Crippen LogP contribution in [0.1, 0.15) is 31.0 Å². The van der Waals surface area contributed by atoms with Gasteiger partial charge in [0.05, 0.1) is 23.1 Å². The van der Waals surface area contributed by atoms with Crippen molar-refractivity contribution in [1.29, 1.82) is 5.26 Å². The minimum Gasteiger partial charge on any atom is -0.357 e. The lowest BCUT2D eigenvalue weighted by Gasteiger charge is -2.32. The smallest absolute Gasteiger partial charge is 0.227 e. The van der Waals surface area contributed by atoms with Crippen molar-refractivity contribution in [3.05, 3.63) is 47.7 Å².